The maximum atomic E-state index is 12.5. The number of hydrogen-bond acceptors (Lipinski definition) is 3. The molecule has 0 fully saturated rings. The third kappa shape index (κ3) is 2.97. The van der Waals surface area contributed by atoms with Crippen molar-refractivity contribution in [2.75, 3.05) is 6.54 Å². The van der Waals surface area contributed by atoms with Crippen LogP contribution in [0.2, 0.25) is 0 Å². The molecular formula is C15H24N2OS. The van der Waals surface area contributed by atoms with Gasteiger partial charge in [-0.25, -0.2) is 0 Å². The van der Waals surface area contributed by atoms with Crippen LogP contribution in [0.15, 0.2) is 24.3 Å². The van der Waals surface area contributed by atoms with Crippen molar-refractivity contribution in [3.8, 4) is 0 Å². The first-order chi connectivity index (χ1) is 8.89. The average Bonchev–Trinajstić information content (AvgIpc) is 2.69. The van der Waals surface area contributed by atoms with Crippen molar-refractivity contribution in [2.45, 2.75) is 50.3 Å². The Bertz CT molecular complexity index is 440. The summed E-state index contributed by atoms with van der Waals surface area (Å²) in [5.74, 6) is 0. The number of fused-ring (bicyclic) bond motifs is 1. The summed E-state index contributed by atoms with van der Waals surface area (Å²) in [5, 5.41) is 0. The second-order valence-corrected chi connectivity index (χ2v) is 8.23. The molecule has 0 heterocycles. The molecule has 4 heteroatoms. The van der Waals surface area contributed by atoms with Crippen LogP contribution in [-0.2, 0) is 23.3 Å². The maximum absolute atomic E-state index is 12.5. The molecule has 0 saturated heterocycles. The third-order valence-corrected chi connectivity index (χ3v) is 5.46. The van der Waals surface area contributed by atoms with E-state index in [0.717, 1.165) is 19.3 Å². The van der Waals surface area contributed by atoms with Crippen LogP contribution < -0.4 is 10.5 Å². The molecule has 3 nitrogen and oxygen atoms in total. The molecule has 19 heavy (non-hydrogen) atoms. The van der Waals surface area contributed by atoms with E-state index in [4.69, 9.17) is 5.73 Å². The van der Waals surface area contributed by atoms with Crippen LogP contribution in [-0.4, -0.2) is 15.8 Å². The lowest BCUT2D eigenvalue weighted by Crippen LogP contribution is -2.51. The van der Waals surface area contributed by atoms with Crippen LogP contribution in [0.4, 0.5) is 0 Å². The summed E-state index contributed by atoms with van der Waals surface area (Å²) in [4.78, 5) is 0. The highest BCUT2D eigenvalue weighted by Crippen LogP contribution is 2.40. The zero-order valence-corrected chi connectivity index (χ0v) is 12.8. The lowest BCUT2D eigenvalue weighted by molar-refractivity contribution is 0.361. The normalized spacial score (nSPS) is 24.3. The summed E-state index contributed by atoms with van der Waals surface area (Å²) < 4.78 is 15.6. The Morgan fingerprint density at radius 2 is 2.05 bits per heavy atom. The van der Waals surface area contributed by atoms with Gasteiger partial charge in [0.05, 0.1) is 5.54 Å². The van der Waals surface area contributed by atoms with Gasteiger partial charge < -0.3 is 10.3 Å². The largest absolute Gasteiger partial charge is 0.598 e. The van der Waals surface area contributed by atoms with Crippen molar-refractivity contribution >= 4 is 11.4 Å². The zero-order chi connectivity index (χ0) is 14.1. The second-order valence-electron chi connectivity index (χ2n) is 6.26. The molecule has 0 bridgehead atoms. The van der Waals surface area contributed by atoms with E-state index >= 15 is 0 Å². The van der Waals surface area contributed by atoms with Gasteiger partial charge in [-0.3, -0.25) is 0 Å². The molecule has 1 aliphatic carbocycles. The van der Waals surface area contributed by atoms with Gasteiger partial charge in [0.25, 0.3) is 0 Å². The highest BCUT2D eigenvalue weighted by molar-refractivity contribution is 7.90. The zero-order valence-electron chi connectivity index (χ0n) is 12.0. The first-order valence-corrected chi connectivity index (χ1v) is 8.02. The molecule has 2 rings (SSSR count). The summed E-state index contributed by atoms with van der Waals surface area (Å²) in [6.45, 7) is 6.58. The molecular weight excluding hydrogens is 256 g/mol. The van der Waals surface area contributed by atoms with E-state index in [1.54, 1.807) is 0 Å². The smallest absolute Gasteiger partial charge is 0.136 e. The molecule has 0 aliphatic heterocycles. The number of aryl methyl sites for hydroxylation is 1. The van der Waals surface area contributed by atoms with Crippen LogP contribution in [0.1, 0.15) is 44.7 Å². The van der Waals surface area contributed by atoms with E-state index in [9.17, 15) is 4.55 Å². The first kappa shape index (κ1) is 14.9. The lowest BCUT2D eigenvalue weighted by Gasteiger charge is -2.35. The van der Waals surface area contributed by atoms with Crippen molar-refractivity contribution in [3.63, 3.8) is 0 Å². The topological polar surface area (TPSA) is 61.1 Å². The Balaban J connectivity index is 2.31. The molecule has 1 aromatic rings. The van der Waals surface area contributed by atoms with Crippen LogP contribution in [0.25, 0.3) is 0 Å². The van der Waals surface area contributed by atoms with E-state index in [2.05, 4.69) is 29.0 Å². The molecule has 1 aromatic carbocycles. The Morgan fingerprint density at radius 3 is 2.68 bits per heavy atom. The van der Waals surface area contributed by atoms with E-state index < -0.39 is 11.4 Å². The molecule has 0 radical (unpaired) electrons. The van der Waals surface area contributed by atoms with Gasteiger partial charge in [-0.05, 0) is 57.7 Å². The van der Waals surface area contributed by atoms with Gasteiger partial charge in [-0.2, -0.15) is 0 Å². The number of hydrogen-bond donors (Lipinski definition) is 2. The third-order valence-electron chi connectivity index (χ3n) is 3.77. The summed E-state index contributed by atoms with van der Waals surface area (Å²) in [6.07, 6.45) is 2.84. The van der Waals surface area contributed by atoms with Gasteiger partial charge in [0.15, 0.2) is 0 Å². The molecule has 2 unspecified atom stereocenters. The fourth-order valence-electron chi connectivity index (χ4n) is 2.68. The maximum Gasteiger partial charge on any atom is 0.136 e. The highest BCUT2D eigenvalue weighted by atomic mass is 32.2. The standard InChI is InChI=1S/C15H24N2OS/c1-14(2,3)19(18)17-15(10-11-16)9-8-12-6-4-5-7-13(12)15/h4-7,17H,8-11,16H2,1-3H3. The number of benzene rings is 1. The Morgan fingerprint density at radius 1 is 1.37 bits per heavy atom. The van der Waals surface area contributed by atoms with Crippen molar-refractivity contribution in [2.24, 2.45) is 5.73 Å². The van der Waals surface area contributed by atoms with Crippen LogP contribution in [0.3, 0.4) is 0 Å². The van der Waals surface area contributed by atoms with Crippen LogP contribution in [0, 0.1) is 0 Å². The van der Waals surface area contributed by atoms with E-state index in [0.29, 0.717) is 6.54 Å². The lowest BCUT2D eigenvalue weighted by atomic mass is 9.89. The van der Waals surface area contributed by atoms with Gasteiger partial charge >= 0.3 is 0 Å². The number of nitrogens with two attached hydrogens (primary N) is 1. The molecule has 2 atom stereocenters. The number of nitrogens with one attached hydrogen (secondary N) is 1. The van der Waals surface area contributed by atoms with Gasteiger partial charge in [-0.15, -0.1) is 4.72 Å². The van der Waals surface area contributed by atoms with Crippen molar-refractivity contribution in [3.05, 3.63) is 35.4 Å². The second kappa shape index (κ2) is 5.44. The molecule has 1 aliphatic rings. The summed E-state index contributed by atoms with van der Waals surface area (Å²) in [7, 11) is 0. The minimum Gasteiger partial charge on any atom is -0.598 e. The van der Waals surface area contributed by atoms with Crippen LogP contribution in [0.5, 0.6) is 0 Å². The van der Waals surface area contributed by atoms with Gasteiger partial charge in [0.2, 0.25) is 0 Å². The molecule has 0 spiro atoms. The summed E-state index contributed by atoms with van der Waals surface area (Å²) in [6, 6.07) is 8.43. The average molecular weight is 280 g/mol. The minimum atomic E-state index is -1.08. The van der Waals surface area contributed by atoms with E-state index in [-0.39, 0.29) is 10.3 Å². The molecule has 0 saturated carbocycles. The Hall–Kier alpha value is -0.550. The SMILES string of the molecule is CC(C)(C)[S+]([O-])NC1(CCN)CCc2ccccc21. The van der Waals surface area contributed by atoms with Crippen LogP contribution >= 0.6 is 0 Å². The Labute approximate surface area is 119 Å². The number of rotatable bonds is 4. The van der Waals surface area contributed by atoms with E-state index in [1.165, 1.54) is 11.1 Å². The fraction of sp³-hybridized carbons (Fsp3) is 0.600. The quantitative estimate of drug-likeness (QED) is 0.831. The molecule has 0 amide bonds. The monoisotopic (exact) mass is 280 g/mol. The van der Waals surface area contributed by atoms with Crippen molar-refractivity contribution < 1.29 is 4.55 Å². The van der Waals surface area contributed by atoms with Gasteiger partial charge in [0.1, 0.15) is 4.75 Å². The molecule has 0 aromatic heterocycles. The summed E-state index contributed by atoms with van der Waals surface area (Å²) in [5.41, 5.74) is 8.21. The fourth-order valence-corrected chi connectivity index (χ4v) is 3.66. The van der Waals surface area contributed by atoms with Gasteiger partial charge in [0, 0.05) is 11.4 Å². The minimum absolute atomic E-state index is 0.219. The molecule has 106 valence electrons. The Kier molecular flexibility index (Phi) is 4.26. The molecule has 3 N–H and O–H groups in total. The highest BCUT2D eigenvalue weighted by Gasteiger charge is 2.43. The predicted molar refractivity (Wildman–Crippen MR) is 81.1 cm³/mol. The predicted octanol–water partition coefficient (Wildman–Crippen LogP) is 2.23. The van der Waals surface area contributed by atoms with Crippen molar-refractivity contribution in [1.82, 2.24) is 4.72 Å². The van der Waals surface area contributed by atoms with Gasteiger partial charge in [-0.1, -0.05) is 24.3 Å². The van der Waals surface area contributed by atoms with Crippen molar-refractivity contribution in [1.29, 1.82) is 0 Å². The summed E-state index contributed by atoms with van der Waals surface area (Å²) >= 11 is -1.08. The van der Waals surface area contributed by atoms with E-state index in [1.807, 2.05) is 20.8 Å². The first-order valence-electron chi connectivity index (χ1n) is 6.87.